The fraction of sp³-hybridized carbons (Fsp3) is 0.0588. The van der Waals surface area contributed by atoms with Gasteiger partial charge in [-0.1, -0.05) is 36.1 Å². The summed E-state index contributed by atoms with van der Waals surface area (Å²) in [7, 11) is 0. The summed E-state index contributed by atoms with van der Waals surface area (Å²) in [6, 6.07) is 11.4. The number of rotatable bonds is 4. The van der Waals surface area contributed by atoms with Gasteiger partial charge < -0.3 is 9.52 Å². The average Bonchev–Trinajstić information content (AvgIpc) is 3.29. The number of aliphatic carboxylic acids is 1. The summed E-state index contributed by atoms with van der Waals surface area (Å²) in [5, 5.41) is 9.62. The molecule has 0 aliphatic carbocycles. The number of hydrogen-bond donors (Lipinski definition) is 1. The lowest BCUT2D eigenvalue weighted by Crippen LogP contribution is -2.33. The molecule has 26 heavy (non-hydrogen) atoms. The van der Waals surface area contributed by atoms with Crippen molar-refractivity contribution in [2.45, 2.75) is 0 Å². The van der Waals surface area contributed by atoms with Crippen LogP contribution >= 0.6 is 35.3 Å². The Labute approximate surface area is 161 Å². The van der Waals surface area contributed by atoms with E-state index in [-0.39, 0.29) is 4.32 Å². The third kappa shape index (κ3) is 3.16. The molecule has 0 saturated carbocycles. The summed E-state index contributed by atoms with van der Waals surface area (Å²) < 4.78 is 7.08. The molecule has 0 radical (unpaired) electrons. The highest BCUT2D eigenvalue weighted by atomic mass is 32.2. The molecule has 1 aromatic carbocycles. The molecule has 6 nitrogen and oxygen atoms in total. The van der Waals surface area contributed by atoms with E-state index in [1.54, 1.807) is 18.2 Å². The first kappa shape index (κ1) is 17.0. The SMILES string of the molecule is O=C(O)CN1C(=O)C(=Cc2ccc(-c3nc4ccccc4s3)o2)SC1=S. The predicted octanol–water partition coefficient (Wildman–Crippen LogP) is 3.84. The summed E-state index contributed by atoms with van der Waals surface area (Å²) in [5.41, 5.74) is 0.903. The molecule has 0 spiro atoms. The first-order chi connectivity index (χ1) is 12.5. The fourth-order valence-electron chi connectivity index (χ4n) is 2.42. The van der Waals surface area contributed by atoms with Crippen molar-refractivity contribution in [1.29, 1.82) is 0 Å². The molecule has 4 rings (SSSR count). The standard InChI is InChI=1S/C17H10N2O4S3/c20-14(21)8-19-16(22)13(26-17(19)24)7-9-5-6-11(23-9)15-18-10-3-1-2-4-12(10)25-15/h1-7H,8H2,(H,20,21). The lowest BCUT2D eigenvalue weighted by Gasteiger charge is -2.09. The minimum absolute atomic E-state index is 0.224. The topological polar surface area (TPSA) is 83.6 Å². The molecule has 9 heteroatoms. The molecule has 3 heterocycles. The third-order valence-electron chi connectivity index (χ3n) is 3.57. The summed E-state index contributed by atoms with van der Waals surface area (Å²) in [6.45, 7) is -0.447. The summed E-state index contributed by atoms with van der Waals surface area (Å²) in [6.07, 6.45) is 1.57. The average molecular weight is 402 g/mol. The number of thiocarbonyl (C=S) groups is 1. The van der Waals surface area contributed by atoms with E-state index < -0.39 is 18.4 Å². The van der Waals surface area contributed by atoms with Crippen LogP contribution in [0.1, 0.15) is 5.76 Å². The second kappa shape index (κ2) is 6.67. The highest BCUT2D eigenvalue weighted by Gasteiger charge is 2.33. The van der Waals surface area contributed by atoms with Crippen LogP contribution in [0.15, 0.2) is 45.7 Å². The van der Waals surface area contributed by atoms with Gasteiger partial charge in [-0.05, 0) is 24.3 Å². The first-order valence-corrected chi connectivity index (χ1v) is 9.48. The molecular formula is C17H10N2O4S3. The molecule has 1 amide bonds. The van der Waals surface area contributed by atoms with Gasteiger partial charge in [0.05, 0.1) is 15.1 Å². The van der Waals surface area contributed by atoms with Crippen LogP contribution in [0.4, 0.5) is 0 Å². The smallest absolute Gasteiger partial charge is 0.323 e. The number of nitrogens with zero attached hydrogens (tertiary/aromatic N) is 2. The lowest BCUT2D eigenvalue weighted by molar-refractivity contribution is -0.140. The van der Waals surface area contributed by atoms with Crippen LogP contribution in [0.25, 0.3) is 27.1 Å². The first-order valence-electron chi connectivity index (χ1n) is 7.44. The maximum Gasteiger partial charge on any atom is 0.323 e. The number of carbonyl (C=O) groups is 2. The van der Waals surface area contributed by atoms with Gasteiger partial charge >= 0.3 is 5.97 Å². The number of thioether (sulfide) groups is 1. The molecule has 1 fully saturated rings. The number of carboxylic acids is 1. The van der Waals surface area contributed by atoms with E-state index in [9.17, 15) is 9.59 Å². The van der Waals surface area contributed by atoms with Gasteiger partial charge in [0, 0.05) is 6.08 Å². The van der Waals surface area contributed by atoms with Crippen LogP contribution in [0.5, 0.6) is 0 Å². The number of thiazole rings is 1. The van der Waals surface area contributed by atoms with Crippen molar-refractivity contribution in [3.05, 3.63) is 47.1 Å². The highest BCUT2D eigenvalue weighted by Crippen LogP contribution is 2.35. The zero-order chi connectivity index (χ0) is 18.3. The van der Waals surface area contributed by atoms with Crippen molar-refractivity contribution in [2.75, 3.05) is 6.54 Å². The molecule has 1 aliphatic rings. The maximum absolute atomic E-state index is 12.3. The normalized spacial score (nSPS) is 16.2. The van der Waals surface area contributed by atoms with Gasteiger partial charge in [-0.3, -0.25) is 14.5 Å². The van der Waals surface area contributed by atoms with Gasteiger partial charge in [-0.15, -0.1) is 11.3 Å². The number of hydrogen-bond acceptors (Lipinski definition) is 7. The van der Waals surface area contributed by atoms with Crippen molar-refractivity contribution in [2.24, 2.45) is 0 Å². The fourth-order valence-corrected chi connectivity index (χ4v) is 4.59. The zero-order valence-corrected chi connectivity index (χ0v) is 15.5. The Kier molecular flexibility index (Phi) is 4.35. The monoisotopic (exact) mass is 402 g/mol. The molecule has 2 aromatic heterocycles. The quantitative estimate of drug-likeness (QED) is 0.524. The molecule has 1 saturated heterocycles. The van der Waals surface area contributed by atoms with E-state index in [4.69, 9.17) is 21.7 Å². The summed E-state index contributed by atoms with van der Waals surface area (Å²) in [5.74, 6) is -0.451. The minimum atomic E-state index is -1.11. The van der Waals surface area contributed by atoms with E-state index in [0.29, 0.717) is 16.4 Å². The molecule has 3 aromatic rings. The van der Waals surface area contributed by atoms with E-state index in [2.05, 4.69) is 4.98 Å². The molecule has 1 aliphatic heterocycles. The number of benzene rings is 1. The predicted molar refractivity (Wildman–Crippen MR) is 105 cm³/mol. The van der Waals surface area contributed by atoms with Gasteiger partial charge in [-0.2, -0.15) is 0 Å². The van der Waals surface area contributed by atoms with Crippen molar-refractivity contribution in [3.8, 4) is 10.8 Å². The zero-order valence-electron chi connectivity index (χ0n) is 13.0. The Hall–Kier alpha value is -2.49. The van der Waals surface area contributed by atoms with Crippen LogP contribution in [0.3, 0.4) is 0 Å². The molecule has 0 unspecified atom stereocenters. The second-order valence-electron chi connectivity index (χ2n) is 5.35. The van der Waals surface area contributed by atoms with Gasteiger partial charge in [-0.25, -0.2) is 4.98 Å². The highest BCUT2D eigenvalue weighted by molar-refractivity contribution is 8.26. The third-order valence-corrected chi connectivity index (χ3v) is 6.00. The number of carboxylic acid groups (broad SMARTS) is 1. The largest absolute Gasteiger partial charge is 0.480 e. The van der Waals surface area contributed by atoms with Crippen molar-refractivity contribution in [1.82, 2.24) is 9.88 Å². The molecular weight excluding hydrogens is 392 g/mol. The van der Waals surface area contributed by atoms with Crippen molar-refractivity contribution < 1.29 is 19.1 Å². The number of fused-ring (bicyclic) bond motifs is 1. The number of amides is 1. The van der Waals surface area contributed by atoms with Crippen LogP contribution in [-0.2, 0) is 9.59 Å². The molecule has 1 N–H and O–H groups in total. The Morgan fingerprint density at radius 3 is 2.88 bits per heavy atom. The van der Waals surface area contributed by atoms with Crippen LogP contribution in [0.2, 0.25) is 0 Å². The Balaban J connectivity index is 1.60. The van der Waals surface area contributed by atoms with E-state index >= 15 is 0 Å². The van der Waals surface area contributed by atoms with Gasteiger partial charge in [0.15, 0.2) is 10.8 Å². The van der Waals surface area contributed by atoms with Gasteiger partial charge in [0.2, 0.25) is 0 Å². The minimum Gasteiger partial charge on any atom is -0.480 e. The second-order valence-corrected chi connectivity index (χ2v) is 8.06. The number of para-hydroxylation sites is 1. The number of furan rings is 1. The summed E-state index contributed by atoms with van der Waals surface area (Å²) in [4.78, 5) is 29.1. The van der Waals surface area contributed by atoms with Crippen LogP contribution in [-0.4, -0.2) is 37.7 Å². The summed E-state index contributed by atoms with van der Waals surface area (Å²) >= 11 is 7.66. The molecule has 0 atom stereocenters. The van der Waals surface area contributed by atoms with Gasteiger partial charge in [0.25, 0.3) is 5.91 Å². The van der Waals surface area contributed by atoms with E-state index in [1.807, 2.05) is 24.3 Å². The molecule has 130 valence electrons. The van der Waals surface area contributed by atoms with Crippen molar-refractivity contribution >= 4 is 67.8 Å². The lowest BCUT2D eigenvalue weighted by atomic mass is 10.3. The Morgan fingerprint density at radius 2 is 2.12 bits per heavy atom. The van der Waals surface area contributed by atoms with E-state index in [1.165, 1.54) is 11.3 Å². The van der Waals surface area contributed by atoms with Gasteiger partial charge in [0.1, 0.15) is 16.6 Å². The number of carbonyl (C=O) groups excluding carboxylic acids is 1. The van der Waals surface area contributed by atoms with Crippen LogP contribution in [0, 0.1) is 0 Å². The van der Waals surface area contributed by atoms with Crippen molar-refractivity contribution in [3.63, 3.8) is 0 Å². The molecule has 0 bridgehead atoms. The number of aromatic nitrogens is 1. The Bertz CT molecular complexity index is 1050. The Morgan fingerprint density at radius 1 is 1.31 bits per heavy atom. The van der Waals surface area contributed by atoms with E-state index in [0.717, 1.165) is 31.9 Å². The van der Waals surface area contributed by atoms with Crippen LogP contribution < -0.4 is 0 Å². The maximum atomic E-state index is 12.3.